The van der Waals surface area contributed by atoms with Crippen molar-refractivity contribution in [3.63, 3.8) is 0 Å². The van der Waals surface area contributed by atoms with Gasteiger partial charge in [0.1, 0.15) is 0 Å². The molecule has 1 amide bonds. The fraction of sp³-hybridized carbons (Fsp3) is 0.650. The number of rotatable bonds is 7. The topological polar surface area (TPSA) is 41.6 Å². The number of methoxy groups -OCH3 is 1. The van der Waals surface area contributed by atoms with E-state index in [1.54, 1.807) is 7.11 Å². The second-order valence-electron chi connectivity index (χ2n) is 7.31. The molecular formula is C20H32N2O2. The van der Waals surface area contributed by atoms with Crippen LogP contribution in [0, 0.1) is 5.92 Å². The summed E-state index contributed by atoms with van der Waals surface area (Å²) in [5, 5.41) is 3.05. The number of likely N-dealkylation sites (tertiary alicyclic amines) is 1. The Morgan fingerprint density at radius 3 is 2.38 bits per heavy atom. The molecule has 0 unspecified atom stereocenters. The molecule has 1 N–H and O–H groups in total. The van der Waals surface area contributed by atoms with E-state index in [9.17, 15) is 4.79 Å². The molecule has 1 aromatic carbocycles. The molecule has 2 rings (SSSR count). The molecule has 0 aliphatic carbocycles. The van der Waals surface area contributed by atoms with E-state index in [0.717, 1.165) is 32.5 Å². The largest absolute Gasteiger partial charge is 0.383 e. The molecule has 1 aliphatic rings. The number of amides is 1. The number of carbonyl (C=O) groups is 1. The summed E-state index contributed by atoms with van der Waals surface area (Å²) in [5.41, 5.74) is 2.75. The standard InChI is InChI=1S/C20H32N2O2/c1-15(2)18-7-5-17(6-8-18)13-22-11-9-19(10-12-22)20(23)21-16(3)14-24-4/h5-8,15-16,19H,9-14H2,1-4H3,(H,21,23)/t16-/m0/s1. The molecule has 0 spiro atoms. The molecule has 1 atom stereocenters. The van der Waals surface area contributed by atoms with Crippen LogP contribution in [0.15, 0.2) is 24.3 Å². The maximum atomic E-state index is 12.3. The quantitative estimate of drug-likeness (QED) is 0.834. The van der Waals surface area contributed by atoms with Crippen molar-refractivity contribution in [2.45, 2.75) is 52.1 Å². The maximum Gasteiger partial charge on any atom is 0.223 e. The number of benzene rings is 1. The first-order valence-electron chi connectivity index (χ1n) is 9.10. The lowest BCUT2D eigenvalue weighted by atomic mass is 9.95. The summed E-state index contributed by atoms with van der Waals surface area (Å²) in [7, 11) is 1.66. The van der Waals surface area contributed by atoms with Crippen LogP contribution in [0.2, 0.25) is 0 Å². The van der Waals surface area contributed by atoms with Gasteiger partial charge in [-0.15, -0.1) is 0 Å². The third-order valence-electron chi connectivity index (χ3n) is 4.82. The van der Waals surface area contributed by atoms with Crippen molar-refractivity contribution in [1.82, 2.24) is 10.2 Å². The molecule has 134 valence electrons. The number of nitrogens with one attached hydrogen (secondary N) is 1. The second kappa shape index (κ2) is 9.19. The first-order valence-corrected chi connectivity index (χ1v) is 9.10. The van der Waals surface area contributed by atoms with Gasteiger partial charge in [-0.3, -0.25) is 9.69 Å². The van der Waals surface area contributed by atoms with Crippen LogP contribution in [0.4, 0.5) is 0 Å². The Hall–Kier alpha value is -1.39. The summed E-state index contributed by atoms with van der Waals surface area (Å²) in [6.07, 6.45) is 1.88. The monoisotopic (exact) mass is 332 g/mol. The van der Waals surface area contributed by atoms with Crippen LogP contribution in [0.25, 0.3) is 0 Å². The molecule has 1 saturated heterocycles. The maximum absolute atomic E-state index is 12.3. The molecule has 1 heterocycles. The zero-order valence-corrected chi connectivity index (χ0v) is 15.5. The average Bonchev–Trinajstić information content (AvgIpc) is 2.56. The van der Waals surface area contributed by atoms with E-state index in [2.05, 4.69) is 48.3 Å². The van der Waals surface area contributed by atoms with E-state index in [1.807, 2.05) is 6.92 Å². The minimum absolute atomic E-state index is 0.0833. The Kier molecular flexibility index (Phi) is 7.25. The van der Waals surface area contributed by atoms with Crippen molar-refractivity contribution in [3.8, 4) is 0 Å². The van der Waals surface area contributed by atoms with Crippen LogP contribution >= 0.6 is 0 Å². The molecule has 4 nitrogen and oxygen atoms in total. The van der Waals surface area contributed by atoms with Crippen LogP contribution in [-0.2, 0) is 16.1 Å². The van der Waals surface area contributed by atoms with Crippen LogP contribution in [0.1, 0.15) is 50.7 Å². The summed E-state index contributed by atoms with van der Waals surface area (Å²) in [4.78, 5) is 14.7. The van der Waals surface area contributed by atoms with E-state index in [1.165, 1.54) is 11.1 Å². The molecule has 1 aliphatic heterocycles. The SMILES string of the molecule is COC[C@H](C)NC(=O)C1CCN(Cc2ccc(C(C)C)cc2)CC1. The first kappa shape index (κ1) is 18.9. The smallest absolute Gasteiger partial charge is 0.223 e. The second-order valence-corrected chi connectivity index (χ2v) is 7.31. The Labute approximate surface area is 146 Å². The lowest BCUT2D eigenvalue weighted by molar-refractivity contribution is -0.127. The fourth-order valence-corrected chi connectivity index (χ4v) is 3.27. The predicted molar refractivity (Wildman–Crippen MR) is 98.0 cm³/mol. The lowest BCUT2D eigenvalue weighted by Crippen LogP contribution is -2.44. The highest BCUT2D eigenvalue weighted by Crippen LogP contribution is 2.20. The van der Waals surface area contributed by atoms with E-state index in [4.69, 9.17) is 4.74 Å². The number of hydrogen-bond donors (Lipinski definition) is 1. The zero-order valence-electron chi connectivity index (χ0n) is 15.5. The van der Waals surface area contributed by atoms with Gasteiger partial charge in [-0.1, -0.05) is 38.1 Å². The highest BCUT2D eigenvalue weighted by Gasteiger charge is 2.25. The third kappa shape index (κ3) is 5.60. The van der Waals surface area contributed by atoms with E-state index >= 15 is 0 Å². The minimum Gasteiger partial charge on any atom is -0.383 e. The van der Waals surface area contributed by atoms with E-state index in [0.29, 0.717) is 12.5 Å². The molecule has 24 heavy (non-hydrogen) atoms. The van der Waals surface area contributed by atoms with Gasteiger partial charge in [-0.05, 0) is 49.9 Å². The van der Waals surface area contributed by atoms with Crippen molar-refractivity contribution < 1.29 is 9.53 Å². The molecule has 1 aromatic rings. The molecule has 4 heteroatoms. The van der Waals surface area contributed by atoms with E-state index in [-0.39, 0.29) is 17.9 Å². The van der Waals surface area contributed by atoms with Gasteiger partial charge in [0.15, 0.2) is 0 Å². The van der Waals surface area contributed by atoms with Gasteiger partial charge in [0.05, 0.1) is 6.61 Å². The number of ether oxygens (including phenoxy) is 1. The number of hydrogen-bond acceptors (Lipinski definition) is 3. The molecule has 0 bridgehead atoms. The Morgan fingerprint density at radius 2 is 1.83 bits per heavy atom. The van der Waals surface area contributed by atoms with Crippen molar-refractivity contribution >= 4 is 5.91 Å². The Balaban J connectivity index is 1.77. The van der Waals surface area contributed by atoms with Gasteiger partial charge in [-0.2, -0.15) is 0 Å². The predicted octanol–water partition coefficient (Wildman–Crippen LogP) is 3.17. The van der Waals surface area contributed by atoms with Crippen molar-refractivity contribution in [1.29, 1.82) is 0 Å². The minimum atomic E-state index is 0.0833. The summed E-state index contributed by atoms with van der Waals surface area (Å²) in [6.45, 7) is 9.95. The van der Waals surface area contributed by atoms with Gasteiger partial charge in [0.25, 0.3) is 0 Å². The third-order valence-corrected chi connectivity index (χ3v) is 4.82. The number of piperidine rings is 1. The van der Waals surface area contributed by atoms with Crippen LogP contribution < -0.4 is 5.32 Å². The molecule has 0 aromatic heterocycles. The van der Waals surface area contributed by atoms with Gasteiger partial charge < -0.3 is 10.1 Å². The molecule has 0 radical (unpaired) electrons. The number of nitrogens with zero attached hydrogens (tertiary/aromatic N) is 1. The van der Waals surface area contributed by atoms with Gasteiger partial charge in [-0.25, -0.2) is 0 Å². The Morgan fingerprint density at radius 1 is 1.21 bits per heavy atom. The number of carbonyl (C=O) groups excluding carboxylic acids is 1. The summed E-state index contributed by atoms with van der Waals surface area (Å²) in [5.74, 6) is 0.901. The van der Waals surface area contributed by atoms with E-state index < -0.39 is 0 Å². The van der Waals surface area contributed by atoms with Crippen molar-refractivity contribution in [3.05, 3.63) is 35.4 Å². The van der Waals surface area contributed by atoms with Gasteiger partial charge in [0, 0.05) is 25.6 Å². The average molecular weight is 332 g/mol. The molecular weight excluding hydrogens is 300 g/mol. The van der Waals surface area contributed by atoms with Crippen LogP contribution in [-0.4, -0.2) is 43.7 Å². The van der Waals surface area contributed by atoms with Crippen molar-refractivity contribution in [2.75, 3.05) is 26.8 Å². The summed E-state index contributed by atoms with van der Waals surface area (Å²) in [6, 6.07) is 9.02. The van der Waals surface area contributed by atoms with Crippen LogP contribution in [0.5, 0.6) is 0 Å². The zero-order chi connectivity index (χ0) is 17.5. The highest BCUT2D eigenvalue weighted by molar-refractivity contribution is 5.79. The first-order chi connectivity index (χ1) is 11.5. The Bertz CT molecular complexity index is 505. The lowest BCUT2D eigenvalue weighted by Gasteiger charge is -2.32. The summed E-state index contributed by atoms with van der Waals surface area (Å²) < 4.78 is 5.08. The van der Waals surface area contributed by atoms with Crippen molar-refractivity contribution in [2.24, 2.45) is 5.92 Å². The van der Waals surface area contributed by atoms with Gasteiger partial charge in [0.2, 0.25) is 5.91 Å². The molecule has 0 saturated carbocycles. The fourth-order valence-electron chi connectivity index (χ4n) is 3.27. The normalized spacial score (nSPS) is 17.9. The van der Waals surface area contributed by atoms with Crippen LogP contribution in [0.3, 0.4) is 0 Å². The molecule has 1 fully saturated rings. The van der Waals surface area contributed by atoms with Gasteiger partial charge >= 0.3 is 0 Å². The summed E-state index contributed by atoms with van der Waals surface area (Å²) >= 11 is 0. The highest BCUT2D eigenvalue weighted by atomic mass is 16.5.